The molecule has 0 aliphatic carbocycles. The summed E-state index contributed by atoms with van der Waals surface area (Å²) in [5.74, 6) is -0.531. The van der Waals surface area contributed by atoms with Crippen molar-refractivity contribution in [3.63, 3.8) is 0 Å². The van der Waals surface area contributed by atoms with E-state index in [4.69, 9.17) is 9.15 Å². The number of ether oxygens (including phenoxy) is 1. The molecule has 0 bridgehead atoms. The molecule has 1 aliphatic rings. The second kappa shape index (κ2) is 8.46. The lowest BCUT2D eigenvalue weighted by molar-refractivity contribution is -0.130. The minimum absolute atomic E-state index is 0.323. The number of nitrogens with zero attached hydrogens (tertiary/aromatic N) is 1. The van der Waals surface area contributed by atoms with Crippen LogP contribution >= 0.6 is 0 Å². The van der Waals surface area contributed by atoms with Crippen LogP contribution < -0.4 is 15.4 Å². The number of urea groups is 1. The molecule has 1 atom stereocenters. The average molecular weight is 482 g/mol. The van der Waals surface area contributed by atoms with E-state index in [2.05, 4.69) is 15.6 Å². The van der Waals surface area contributed by atoms with Crippen LogP contribution in [-0.4, -0.2) is 47.4 Å². The molecule has 1 unspecified atom stereocenters. The molecule has 1 aliphatic heterocycles. The van der Waals surface area contributed by atoms with Crippen LogP contribution in [0.1, 0.15) is 5.56 Å². The number of hydrogen-bond acceptors (Lipinski definition) is 5. The Morgan fingerprint density at radius 2 is 1.81 bits per heavy atom. The van der Waals surface area contributed by atoms with Crippen molar-refractivity contribution in [2.75, 3.05) is 19.0 Å². The van der Waals surface area contributed by atoms with Crippen molar-refractivity contribution in [1.29, 1.82) is 0 Å². The fourth-order valence-electron chi connectivity index (χ4n) is 4.74. The Morgan fingerprint density at radius 3 is 2.64 bits per heavy atom. The number of H-pyrrole nitrogens is 1. The largest absolute Gasteiger partial charge is 0.495 e. The Morgan fingerprint density at radius 1 is 1.03 bits per heavy atom. The molecule has 0 saturated carbocycles. The highest BCUT2D eigenvalue weighted by molar-refractivity contribution is 6.10. The normalized spacial score (nSPS) is 15.7. The third-order valence-corrected chi connectivity index (χ3v) is 6.48. The van der Waals surface area contributed by atoms with Gasteiger partial charge in [-0.15, -0.1) is 0 Å². The summed E-state index contributed by atoms with van der Waals surface area (Å²) < 4.78 is 11.4. The zero-order valence-corrected chi connectivity index (χ0v) is 19.3. The lowest BCUT2D eigenvalue weighted by Crippen LogP contribution is -2.38. The van der Waals surface area contributed by atoms with Crippen LogP contribution in [0.3, 0.4) is 0 Å². The smallest absolute Gasteiger partial charge is 0.325 e. The number of aromatic amines is 1. The van der Waals surface area contributed by atoms with E-state index >= 15 is 0 Å². The molecule has 3 aromatic carbocycles. The summed E-state index contributed by atoms with van der Waals surface area (Å²) in [6.45, 7) is -0.420. The van der Waals surface area contributed by atoms with Crippen LogP contribution in [0.2, 0.25) is 0 Å². The zero-order valence-electron chi connectivity index (χ0n) is 19.3. The Kier molecular flexibility index (Phi) is 5.10. The van der Waals surface area contributed by atoms with E-state index in [0.717, 1.165) is 37.7 Å². The predicted molar refractivity (Wildman–Crippen MR) is 135 cm³/mol. The van der Waals surface area contributed by atoms with Crippen LogP contribution in [0.4, 0.5) is 10.5 Å². The minimum Gasteiger partial charge on any atom is -0.495 e. The molecule has 9 nitrogen and oxygen atoms in total. The maximum atomic E-state index is 13.0. The van der Waals surface area contributed by atoms with Gasteiger partial charge in [-0.1, -0.05) is 36.4 Å². The molecule has 36 heavy (non-hydrogen) atoms. The quantitative estimate of drug-likeness (QED) is 0.314. The first-order valence-corrected chi connectivity index (χ1v) is 11.5. The van der Waals surface area contributed by atoms with Crippen LogP contribution in [0.25, 0.3) is 32.8 Å². The first kappa shape index (κ1) is 21.7. The number of rotatable bonds is 6. The third kappa shape index (κ3) is 3.61. The van der Waals surface area contributed by atoms with E-state index in [1.807, 2.05) is 54.7 Å². The summed E-state index contributed by atoms with van der Waals surface area (Å²) in [5, 5.41) is 8.22. The van der Waals surface area contributed by atoms with E-state index in [-0.39, 0.29) is 0 Å². The van der Waals surface area contributed by atoms with Gasteiger partial charge in [0, 0.05) is 40.4 Å². The number of hydrogen-bond donors (Lipinski definition) is 3. The highest BCUT2D eigenvalue weighted by atomic mass is 16.5. The van der Waals surface area contributed by atoms with E-state index in [9.17, 15) is 14.4 Å². The van der Waals surface area contributed by atoms with Crippen molar-refractivity contribution >= 4 is 56.4 Å². The third-order valence-electron chi connectivity index (χ3n) is 6.48. The van der Waals surface area contributed by atoms with Gasteiger partial charge in [-0.3, -0.25) is 14.5 Å². The van der Waals surface area contributed by atoms with E-state index in [0.29, 0.717) is 23.4 Å². The molecule has 2 aromatic heterocycles. The van der Waals surface area contributed by atoms with Crippen molar-refractivity contribution in [1.82, 2.24) is 15.2 Å². The fourth-order valence-corrected chi connectivity index (χ4v) is 4.74. The van der Waals surface area contributed by atoms with Crippen LogP contribution in [0, 0.1) is 0 Å². The van der Waals surface area contributed by atoms with Gasteiger partial charge in [0.05, 0.1) is 12.8 Å². The van der Waals surface area contributed by atoms with Gasteiger partial charge >= 0.3 is 6.03 Å². The van der Waals surface area contributed by atoms with Crippen molar-refractivity contribution in [2.45, 2.75) is 12.5 Å². The molecule has 1 fully saturated rings. The lowest BCUT2D eigenvalue weighted by Gasteiger charge is -2.14. The Hall–Kier alpha value is -4.79. The number of nitrogens with one attached hydrogen (secondary N) is 3. The van der Waals surface area contributed by atoms with E-state index < -0.39 is 30.4 Å². The lowest BCUT2D eigenvalue weighted by atomic mass is 10.1. The molecule has 180 valence electrons. The molecule has 6 rings (SSSR count). The Balaban J connectivity index is 1.19. The van der Waals surface area contributed by atoms with Crippen molar-refractivity contribution < 1.29 is 23.5 Å². The van der Waals surface area contributed by atoms with Crippen LogP contribution in [0.5, 0.6) is 5.75 Å². The summed E-state index contributed by atoms with van der Waals surface area (Å²) in [6.07, 6.45) is 2.16. The van der Waals surface area contributed by atoms with Gasteiger partial charge in [0.15, 0.2) is 0 Å². The number of fused-ring (bicyclic) bond motifs is 4. The second-order valence-corrected chi connectivity index (χ2v) is 8.69. The molecule has 5 aromatic rings. The summed E-state index contributed by atoms with van der Waals surface area (Å²) in [6, 6.07) is 17.5. The van der Waals surface area contributed by atoms with Crippen LogP contribution in [0.15, 0.2) is 71.3 Å². The van der Waals surface area contributed by atoms with Gasteiger partial charge in [-0.2, -0.15) is 0 Å². The Labute approximate surface area is 205 Å². The van der Waals surface area contributed by atoms with Gasteiger partial charge in [-0.05, 0) is 23.8 Å². The number of amides is 4. The SMILES string of the molecule is COc1cc2c(cc1NC(=O)CN1C(=O)NC(Cc3c[nH]c4ccccc34)C1=O)oc1ccccc12. The van der Waals surface area contributed by atoms with Crippen LogP contribution in [-0.2, 0) is 16.0 Å². The number of aromatic nitrogens is 1. The molecular weight excluding hydrogens is 460 g/mol. The average Bonchev–Trinajstić information content (AvgIpc) is 3.53. The number of carbonyl (C=O) groups is 3. The summed E-state index contributed by atoms with van der Waals surface area (Å²) in [5.41, 5.74) is 3.56. The van der Waals surface area contributed by atoms with Gasteiger partial charge in [0.25, 0.3) is 5.91 Å². The number of benzene rings is 3. The first-order chi connectivity index (χ1) is 17.5. The van der Waals surface area contributed by atoms with Gasteiger partial charge < -0.3 is 24.8 Å². The van der Waals surface area contributed by atoms with E-state index in [1.54, 1.807) is 12.1 Å². The second-order valence-electron chi connectivity index (χ2n) is 8.69. The minimum atomic E-state index is -0.744. The predicted octanol–water partition coefficient (Wildman–Crippen LogP) is 4.18. The number of furan rings is 1. The molecular formula is C27H22N4O5. The molecule has 1 saturated heterocycles. The summed E-state index contributed by atoms with van der Waals surface area (Å²) in [7, 11) is 1.51. The topological polar surface area (TPSA) is 117 Å². The number of carbonyl (C=O) groups excluding carboxylic acids is 3. The molecule has 0 spiro atoms. The number of imide groups is 1. The highest BCUT2D eigenvalue weighted by Crippen LogP contribution is 2.36. The zero-order chi connectivity index (χ0) is 24.8. The molecule has 9 heteroatoms. The summed E-state index contributed by atoms with van der Waals surface area (Å²) in [4.78, 5) is 42.5. The Bertz CT molecular complexity index is 1670. The standard InChI is InChI=1S/C27H22N4O5/c1-35-24-11-18-17-7-3-5-9-22(17)36-23(18)12-20(24)29-25(32)14-31-26(33)21(30-27(31)34)10-15-13-28-19-8-4-2-6-16(15)19/h2-9,11-13,21,28H,10,14H2,1H3,(H,29,32)(H,30,34). The molecule has 3 heterocycles. The monoisotopic (exact) mass is 482 g/mol. The number of methoxy groups -OCH3 is 1. The maximum Gasteiger partial charge on any atom is 0.325 e. The highest BCUT2D eigenvalue weighted by Gasteiger charge is 2.39. The van der Waals surface area contributed by atoms with Gasteiger partial charge in [-0.25, -0.2) is 4.79 Å². The van der Waals surface area contributed by atoms with Gasteiger partial charge in [0.2, 0.25) is 5.91 Å². The fraction of sp³-hybridized carbons (Fsp3) is 0.148. The molecule has 3 N–H and O–H groups in total. The molecule has 0 radical (unpaired) electrons. The summed E-state index contributed by atoms with van der Waals surface area (Å²) >= 11 is 0. The van der Waals surface area contributed by atoms with Crippen molar-refractivity contribution in [3.05, 3.63) is 72.4 Å². The van der Waals surface area contributed by atoms with Gasteiger partial charge in [0.1, 0.15) is 29.5 Å². The van der Waals surface area contributed by atoms with Crippen molar-refractivity contribution in [2.24, 2.45) is 0 Å². The molecule has 4 amide bonds. The van der Waals surface area contributed by atoms with Crippen molar-refractivity contribution in [3.8, 4) is 5.75 Å². The maximum absolute atomic E-state index is 13.0. The van der Waals surface area contributed by atoms with E-state index in [1.165, 1.54) is 7.11 Å². The first-order valence-electron chi connectivity index (χ1n) is 11.5. The number of anilines is 1. The number of para-hydroxylation sites is 2.